The van der Waals surface area contributed by atoms with Gasteiger partial charge >= 0.3 is 0 Å². The number of rotatable bonds is 4. The third-order valence-corrected chi connectivity index (χ3v) is 3.39. The van der Waals surface area contributed by atoms with Crippen LogP contribution in [0.4, 0.5) is 0 Å². The van der Waals surface area contributed by atoms with Crippen LogP contribution in [0, 0.1) is 6.92 Å². The van der Waals surface area contributed by atoms with E-state index >= 15 is 0 Å². The molecule has 0 aliphatic rings. The number of nitrogens with zero attached hydrogens (tertiary/aromatic N) is 1. The fraction of sp³-hybridized carbons (Fsp3) is 0.235. The van der Waals surface area contributed by atoms with Crippen molar-refractivity contribution in [1.82, 2.24) is 4.90 Å². The van der Waals surface area contributed by atoms with E-state index in [1.54, 1.807) is 31.2 Å². The van der Waals surface area contributed by atoms with E-state index in [1.807, 2.05) is 31.2 Å². The third kappa shape index (κ3) is 3.34. The Morgan fingerprint density at radius 3 is 2.62 bits per heavy atom. The van der Waals surface area contributed by atoms with Crippen LogP contribution < -0.4 is 4.74 Å². The van der Waals surface area contributed by atoms with Gasteiger partial charge in [-0.25, -0.2) is 0 Å². The van der Waals surface area contributed by atoms with Crippen LogP contribution in [0.25, 0.3) is 0 Å². The second-order valence-electron chi connectivity index (χ2n) is 4.97. The quantitative estimate of drug-likeness (QED) is 0.939. The Hall–Kier alpha value is -2.49. The molecule has 2 aromatic rings. The first kappa shape index (κ1) is 14.9. The molecule has 0 aliphatic carbocycles. The predicted octanol–water partition coefficient (Wildman–Crippen LogP) is 2.98. The fourth-order valence-electron chi connectivity index (χ4n) is 2.25. The normalized spacial score (nSPS) is 10.2. The van der Waals surface area contributed by atoms with Gasteiger partial charge in [0.1, 0.15) is 11.5 Å². The lowest BCUT2D eigenvalue weighted by molar-refractivity contribution is 0.0783. The van der Waals surface area contributed by atoms with Crippen LogP contribution >= 0.6 is 0 Å². The first-order valence-electron chi connectivity index (χ1n) is 6.70. The van der Waals surface area contributed by atoms with Gasteiger partial charge in [-0.2, -0.15) is 0 Å². The van der Waals surface area contributed by atoms with Crippen molar-refractivity contribution in [3.8, 4) is 11.5 Å². The van der Waals surface area contributed by atoms with Crippen LogP contribution in [0.2, 0.25) is 0 Å². The van der Waals surface area contributed by atoms with E-state index in [0.29, 0.717) is 12.1 Å². The number of aromatic hydroxyl groups is 1. The van der Waals surface area contributed by atoms with Crippen LogP contribution in [0.3, 0.4) is 0 Å². The molecule has 0 aromatic heterocycles. The van der Waals surface area contributed by atoms with Crippen molar-refractivity contribution in [2.45, 2.75) is 13.5 Å². The Morgan fingerprint density at radius 2 is 1.95 bits per heavy atom. The van der Waals surface area contributed by atoms with Crippen molar-refractivity contribution in [3.05, 3.63) is 59.2 Å². The average molecular weight is 285 g/mol. The number of hydrogen-bond donors (Lipinski definition) is 1. The second-order valence-corrected chi connectivity index (χ2v) is 4.97. The minimum Gasteiger partial charge on any atom is -0.508 e. The molecule has 21 heavy (non-hydrogen) atoms. The molecule has 0 radical (unpaired) electrons. The summed E-state index contributed by atoms with van der Waals surface area (Å²) in [4.78, 5) is 14.1. The summed E-state index contributed by atoms with van der Waals surface area (Å²) in [6, 6.07) is 12.4. The number of carbonyl (C=O) groups excluding carboxylic acids is 1. The van der Waals surface area contributed by atoms with Crippen LogP contribution in [-0.4, -0.2) is 30.1 Å². The van der Waals surface area contributed by atoms with Gasteiger partial charge in [0, 0.05) is 24.7 Å². The Bertz CT molecular complexity index is 652. The van der Waals surface area contributed by atoms with Gasteiger partial charge in [0.15, 0.2) is 0 Å². The maximum absolute atomic E-state index is 12.5. The second kappa shape index (κ2) is 6.31. The number of methoxy groups -OCH3 is 1. The number of para-hydroxylation sites is 1. The molecular weight excluding hydrogens is 266 g/mol. The van der Waals surface area contributed by atoms with Gasteiger partial charge < -0.3 is 14.7 Å². The van der Waals surface area contributed by atoms with Crippen LogP contribution in [0.1, 0.15) is 21.5 Å². The van der Waals surface area contributed by atoms with Gasteiger partial charge in [0.25, 0.3) is 5.91 Å². The minimum absolute atomic E-state index is 0.0848. The Morgan fingerprint density at radius 1 is 1.24 bits per heavy atom. The molecule has 4 nitrogen and oxygen atoms in total. The maximum Gasteiger partial charge on any atom is 0.254 e. The van der Waals surface area contributed by atoms with Gasteiger partial charge in [0.05, 0.1) is 7.11 Å². The zero-order valence-electron chi connectivity index (χ0n) is 12.5. The number of carbonyl (C=O) groups is 1. The van der Waals surface area contributed by atoms with Crippen molar-refractivity contribution >= 4 is 5.91 Å². The Labute approximate surface area is 124 Å². The molecule has 1 N–H and O–H groups in total. The molecule has 1 amide bonds. The van der Waals surface area contributed by atoms with Gasteiger partial charge in [-0.3, -0.25) is 4.79 Å². The molecule has 0 spiro atoms. The van der Waals surface area contributed by atoms with Gasteiger partial charge in [-0.15, -0.1) is 0 Å². The van der Waals surface area contributed by atoms with E-state index in [4.69, 9.17) is 4.74 Å². The molecule has 0 atom stereocenters. The number of aryl methyl sites for hydroxylation is 1. The summed E-state index contributed by atoms with van der Waals surface area (Å²) in [5.74, 6) is 0.842. The summed E-state index contributed by atoms with van der Waals surface area (Å²) in [6.45, 7) is 2.27. The first-order valence-corrected chi connectivity index (χ1v) is 6.70. The first-order chi connectivity index (χ1) is 10.0. The van der Waals surface area contributed by atoms with E-state index in [0.717, 1.165) is 16.9 Å². The summed E-state index contributed by atoms with van der Waals surface area (Å²) in [5, 5.41) is 9.42. The SMILES string of the molecule is COc1ccccc1CN(C)C(=O)c1ccc(O)cc1C. The van der Waals surface area contributed by atoms with Crippen molar-refractivity contribution in [2.24, 2.45) is 0 Å². The highest BCUT2D eigenvalue weighted by Gasteiger charge is 2.16. The highest BCUT2D eigenvalue weighted by molar-refractivity contribution is 5.95. The molecule has 0 heterocycles. The fourth-order valence-corrected chi connectivity index (χ4v) is 2.25. The molecule has 4 heteroatoms. The van der Waals surface area contributed by atoms with Crippen LogP contribution in [-0.2, 0) is 6.54 Å². The van der Waals surface area contributed by atoms with E-state index in [2.05, 4.69) is 0 Å². The number of phenols is 1. The summed E-state index contributed by atoms with van der Waals surface area (Å²) in [7, 11) is 3.37. The number of benzene rings is 2. The summed E-state index contributed by atoms with van der Waals surface area (Å²) in [6.07, 6.45) is 0. The lowest BCUT2D eigenvalue weighted by Crippen LogP contribution is -2.27. The van der Waals surface area contributed by atoms with E-state index in [-0.39, 0.29) is 11.7 Å². The average Bonchev–Trinajstić information content (AvgIpc) is 2.47. The number of hydrogen-bond acceptors (Lipinski definition) is 3. The number of amides is 1. The van der Waals surface area contributed by atoms with Crippen molar-refractivity contribution in [3.63, 3.8) is 0 Å². The molecule has 2 rings (SSSR count). The molecule has 0 saturated heterocycles. The topological polar surface area (TPSA) is 49.8 Å². The van der Waals surface area contributed by atoms with E-state index in [9.17, 15) is 9.90 Å². The molecule has 0 fully saturated rings. The van der Waals surface area contributed by atoms with Crippen molar-refractivity contribution in [1.29, 1.82) is 0 Å². The van der Waals surface area contributed by atoms with E-state index in [1.165, 1.54) is 6.07 Å². The highest BCUT2D eigenvalue weighted by Crippen LogP contribution is 2.21. The lowest BCUT2D eigenvalue weighted by atomic mass is 10.1. The predicted molar refractivity (Wildman–Crippen MR) is 81.6 cm³/mol. The van der Waals surface area contributed by atoms with Crippen LogP contribution in [0.5, 0.6) is 11.5 Å². The molecule has 2 aromatic carbocycles. The summed E-state index contributed by atoms with van der Waals surface area (Å²) in [5.41, 5.74) is 2.30. The standard InChI is InChI=1S/C17H19NO3/c1-12-10-14(19)8-9-15(12)17(20)18(2)11-13-6-4-5-7-16(13)21-3/h4-10,19H,11H2,1-3H3. The highest BCUT2D eigenvalue weighted by atomic mass is 16.5. The van der Waals surface area contributed by atoms with Gasteiger partial charge in [0.2, 0.25) is 0 Å². The summed E-state index contributed by atoms with van der Waals surface area (Å²) >= 11 is 0. The van der Waals surface area contributed by atoms with Crippen molar-refractivity contribution < 1.29 is 14.6 Å². The zero-order valence-corrected chi connectivity index (χ0v) is 12.5. The Kier molecular flexibility index (Phi) is 4.48. The molecule has 0 bridgehead atoms. The number of ether oxygens (including phenoxy) is 1. The number of phenolic OH excluding ortho intramolecular Hbond substituents is 1. The monoisotopic (exact) mass is 285 g/mol. The smallest absolute Gasteiger partial charge is 0.254 e. The third-order valence-electron chi connectivity index (χ3n) is 3.39. The molecule has 0 unspecified atom stereocenters. The molecule has 110 valence electrons. The van der Waals surface area contributed by atoms with Crippen LogP contribution in [0.15, 0.2) is 42.5 Å². The molecule has 0 aliphatic heterocycles. The zero-order chi connectivity index (χ0) is 15.4. The minimum atomic E-state index is -0.0848. The lowest BCUT2D eigenvalue weighted by Gasteiger charge is -2.20. The molecular formula is C17H19NO3. The van der Waals surface area contributed by atoms with Gasteiger partial charge in [-0.05, 0) is 36.8 Å². The van der Waals surface area contributed by atoms with Gasteiger partial charge in [-0.1, -0.05) is 18.2 Å². The largest absolute Gasteiger partial charge is 0.508 e. The Balaban J connectivity index is 2.19. The summed E-state index contributed by atoms with van der Waals surface area (Å²) < 4.78 is 5.30. The maximum atomic E-state index is 12.5. The molecule has 0 saturated carbocycles. The van der Waals surface area contributed by atoms with Crippen molar-refractivity contribution in [2.75, 3.05) is 14.2 Å². The van der Waals surface area contributed by atoms with E-state index < -0.39 is 0 Å².